The maximum absolute atomic E-state index is 13.0. The summed E-state index contributed by atoms with van der Waals surface area (Å²) in [6, 6.07) is 10.1. The molecule has 0 amide bonds. The highest BCUT2D eigenvalue weighted by Gasteiger charge is 2.26. The second-order valence-corrected chi connectivity index (χ2v) is 10.7. The van der Waals surface area contributed by atoms with E-state index >= 15 is 0 Å². The molecule has 0 radical (unpaired) electrons. The Labute approximate surface area is 217 Å². The van der Waals surface area contributed by atoms with Crippen molar-refractivity contribution in [1.29, 1.82) is 0 Å². The summed E-state index contributed by atoms with van der Waals surface area (Å²) >= 11 is 0. The summed E-state index contributed by atoms with van der Waals surface area (Å²) in [5, 5.41) is 20.9. The number of rotatable bonds is 11. The van der Waals surface area contributed by atoms with Gasteiger partial charge in [0.2, 0.25) is 10.0 Å². The molecule has 2 heterocycles. The molecule has 1 fully saturated rings. The zero-order valence-corrected chi connectivity index (χ0v) is 21.9. The molecule has 3 aromatic rings. The fourth-order valence-electron chi connectivity index (χ4n) is 3.79. The van der Waals surface area contributed by atoms with E-state index in [1.165, 1.54) is 12.1 Å². The van der Waals surface area contributed by atoms with Crippen molar-refractivity contribution in [1.82, 2.24) is 29.9 Å². The smallest absolute Gasteiger partial charge is 0.251 e. The molecule has 1 aliphatic rings. The number of benzene rings is 1. The molecule has 37 heavy (non-hydrogen) atoms. The lowest BCUT2D eigenvalue weighted by molar-refractivity contribution is -0.825. The molecule has 1 aromatic carbocycles. The second-order valence-electron chi connectivity index (χ2n) is 9.03. The van der Waals surface area contributed by atoms with Crippen molar-refractivity contribution in [2.45, 2.75) is 50.6 Å². The average molecular weight is 522 g/mol. The molecular weight excluding hydrogens is 490 g/mol. The van der Waals surface area contributed by atoms with E-state index in [2.05, 4.69) is 36.5 Å². The molecular formula is C26H31N7O3S. The Morgan fingerprint density at radius 3 is 2.57 bits per heavy atom. The van der Waals surface area contributed by atoms with Gasteiger partial charge in [0.15, 0.2) is 5.82 Å². The molecule has 1 atom stereocenters. The summed E-state index contributed by atoms with van der Waals surface area (Å²) in [6.07, 6.45) is 10.8. The van der Waals surface area contributed by atoms with E-state index in [0.29, 0.717) is 11.7 Å². The third-order valence-electron chi connectivity index (χ3n) is 5.75. The van der Waals surface area contributed by atoms with E-state index in [1.807, 2.05) is 19.1 Å². The molecule has 2 aromatic heterocycles. The highest BCUT2D eigenvalue weighted by Crippen LogP contribution is 2.36. The van der Waals surface area contributed by atoms with Crippen molar-refractivity contribution in [2.24, 2.45) is 0 Å². The van der Waals surface area contributed by atoms with E-state index in [-0.39, 0.29) is 16.8 Å². The van der Waals surface area contributed by atoms with Crippen molar-refractivity contribution in [3.63, 3.8) is 0 Å². The Morgan fingerprint density at radius 2 is 1.95 bits per heavy atom. The summed E-state index contributed by atoms with van der Waals surface area (Å²) < 4.78 is 29.4. The Kier molecular flexibility index (Phi) is 7.98. The van der Waals surface area contributed by atoms with Crippen LogP contribution in [0.1, 0.15) is 45.5 Å². The molecule has 0 aliphatic heterocycles. The highest BCUT2D eigenvalue weighted by atomic mass is 32.2. The van der Waals surface area contributed by atoms with Gasteiger partial charge >= 0.3 is 0 Å². The molecule has 11 heteroatoms. The first kappa shape index (κ1) is 26.4. The third-order valence-corrected chi connectivity index (χ3v) is 7.43. The standard InChI is InChI=1S/C26H31N7O3S/c1-5-19(26-29-28-17-32(26)23-9-10-23)15-22(6-2)30-33(34)25-16-21(13-14-27-25)20-7-11-24(12-8-20)37(35,36)31-18(3)4/h5-8,11-18,23,30-31,33H,2,9-10H2,1,3-4H3/b19-5+,22-15+. The predicted octanol–water partition coefficient (Wildman–Crippen LogP) is 3.05. The quantitative estimate of drug-likeness (QED) is 0.261. The molecule has 0 spiro atoms. The van der Waals surface area contributed by atoms with Crippen LogP contribution in [0.4, 0.5) is 5.82 Å². The van der Waals surface area contributed by atoms with Crippen LogP contribution in [0.3, 0.4) is 0 Å². The Balaban J connectivity index is 1.51. The zero-order valence-electron chi connectivity index (χ0n) is 21.0. The number of nitrogens with one attached hydrogen (secondary N) is 3. The summed E-state index contributed by atoms with van der Waals surface area (Å²) in [5.74, 6) is 0.958. The molecule has 1 aliphatic carbocycles. The third kappa shape index (κ3) is 6.38. The van der Waals surface area contributed by atoms with Gasteiger partial charge in [-0.2, -0.15) is 0 Å². The first-order valence-electron chi connectivity index (χ1n) is 12.0. The SMILES string of the molecule is C=C/C(=C\C(=C/C)c1nncn1C1CC1)N[NH+]([O-])c1cc(-c2ccc(S(=O)(=O)NC(C)C)cc2)ccn1. The van der Waals surface area contributed by atoms with Crippen LogP contribution in [0.15, 0.2) is 84.3 Å². The minimum absolute atomic E-state index is 0.176. The molecule has 3 N–H and O–H groups in total. The largest absolute Gasteiger partial charge is 0.602 e. The molecule has 0 saturated heterocycles. The van der Waals surface area contributed by atoms with E-state index in [0.717, 1.165) is 35.4 Å². The zero-order chi connectivity index (χ0) is 26.6. The molecule has 194 valence electrons. The van der Waals surface area contributed by atoms with Crippen LogP contribution in [0.5, 0.6) is 0 Å². The molecule has 1 unspecified atom stereocenters. The molecule has 0 bridgehead atoms. The van der Waals surface area contributed by atoms with Crippen LogP contribution in [0.2, 0.25) is 0 Å². The minimum atomic E-state index is -3.59. The number of allylic oxidation sites excluding steroid dienone is 4. The lowest BCUT2D eigenvalue weighted by Gasteiger charge is -2.22. The average Bonchev–Trinajstić information content (AvgIpc) is 3.62. The highest BCUT2D eigenvalue weighted by molar-refractivity contribution is 7.89. The molecule has 4 rings (SSSR count). The van der Waals surface area contributed by atoms with Gasteiger partial charge in [0, 0.05) is 29.9 Å². The van der Waals surface area contributed by atoms with Gasteiger partial charge in [-0.05, 0) is 75.1 Å². The topological polar surface area (TPSA) is 129 Å². The summed E-state index contributed by atoms with van der Waals surface area (Å²) in [6.45, 7) is 9.26. The van der Waals surface area contributed by atoms with Crippen molar-refractivity contribution in [3.8, 4) is 11.1 Å². The second kappa shape index (κ2) is 11.2. The number of hydrogen-bond acceptors (Lipinski definition) is 7. The molecule has 1 saturated carbocycles. The van der Waals surface area contributed by atoms with Gasteiger partial charge in [0.25, 0.3) is 5.82 Å². The first-order valence-corrected chi connectivity index (χ1v) is 13.5. The van der Waals surface area contributed by atoms with Crippen molar-refractivity contribution >= 4 is 21.4 Å². The van der Waals surface area contributed by atoms with Crippen LogP contribution >= 0.6 is 0 Å². The summed E-state index contributed by atoms with van der Waals surface area (Å²) in [4.78, 5) is 4.39. The summed E-state index contributed by atoms with van der Waals surface area (Å²) in [5.41, 5.74) is 5.67. The number of quaternary nitrogens is 1. The van der Waals surface area contributed by atoms with Gasteiger partial charge in [-0.3, -0.25) is 0 Å². The van der Waals surface area contributed by atoms with Gasteiger partial charge < -0.3 is 9.77 Å². The van der Waals surface area contributed by atoms with Gasteiger partial charge in [-0.15, -0.1) is 10.2 Å². The number of pyridine rings is 1. The fraction of sp³-hybridized carbons (Fsp3) is 0.269. The monoisotopic (exact) mass is 521 g/mol. The fourth-order valence-corrected chi connectivity index (χ4v) is 5.05. The van der Waals surface area contributed by atoms with Gasteiger partial charge in [0.1, 0.15) is 6.33 Å². The Bertz CT molecular complexity index is 1420. The number of sulfonamides is 1. The predicted molar refractivity (Wildman–Crippen MR) is 142 cm³/mol. The van der Waals surface area contributed by atoms with Gasteiger partial charge in [-0.25, -0.2) is 28.7 Å². The number of nitrogens with zero attached hydrogens (tertiary/aromatic N) is 4. The van der Waals surface area contributed by atoms with Crippen LogP contribution in [-0.4, -0.2) is 34.2 Å². The number of hydrogen-bond donors (Lipinski definition) is 3. The Hall–Kier alpha value is -3.64. The van der Waals surface area contributed by atoms with Gasteiger partial charge in [-0.1, -0.05) is 24.8 Å². The van der Waals surface area contributed by atoms with E-state index < -0.39 is 15.2 Å². The number of aromatic nitrogens is 4. The van der Waals surface area contributed by atoms with E-state index in [9.17, 15) is 13.6 Å². The van der Waals surface area contributed by atoms with Gasteiger partial charge in [0.05, 0.1) is 10.6 Å². The maximum atomic E-state index is 13.0. The van der Waals surface area contributed by atoms with E-state index in [4.69, 9.17) is 0 Å². The first-order chi connectivity index (χ1) is 17.7. The Morgan fingerprint density at radius 1 is 1.22 bits per heavy atom. The molecule has 10 nitrogen and oxygen atoms in total. The van der Waals surface area contributed by atoms with Crippen LogP contribution < -0.4 is 15.3 Å². The summed E-state index contributed by atoms with van der Waals surface area (Å²) in [7, 11) is -3.59. The maximum Gasteiger partial charge on any atom is 0.251 e. The van der Waals surface area contributed by atoms with E-state index in [1.54, 1.807) is 56.7 Å². The van der Waals surface area contributed by atoms with Crippen LogP contribution in [0.25, 0.3) is 16.7 Å². The van der Waals surface area contributed by atoms with Crippen molar-refractivity contribution in [2.75, 3.05) is 0 Å². The normalized spacial score (nSPS) is 15.6. The van der Waals surface area contributed by atoms with Crippen molar-refractivity contribution < 1.29 is 13.6 Å². The van der Waals surface area contributed by atoms with Crippen molar-refractivity contribution in [3.05, 3.63) is 90.5 Å². The lowest BCUT2D eigenvalue weighted by Crippen LogP contribution is -3.09. The van der Waals surface area contributed by atoms with Crippen LogP contribution in [0, 0.1) is 5.21 Å². The van der Waals surface area contributed by atoms with Crippen LogP contribution in [-0.2, 0) is 10.0 Å². The lowest BCUT2D eigenvalue weighted by atomic mass is 10.1. The minimum Gasteiger partial charge on any atom is -0.602 e.